The van der Waals surface area contributed by atoms with Crippen LogP contribution in [0.5, 0.6) is 0 Å². The van der Waals surface area contributed by atoms with Gasteiger partial charge in [-0.2, -0.15) is 5.10 Å². The Hall–Kier alpha value is -1.36. The van der Waals surface area contributed by atoms with Crippen LogP contribution in [0.2, 0.25) is 0 Å². The predicted molar refractivity (Wildman–Crippen MR) is 60.8 cm³/mol. The van der Waals surface area contributed by atoms with Crippen molar-refractivity contribution in [3.8, 4) is 0 Å². The molecule has 88 valence electrons. The van der Waals surface area contributed by atoms with Crippen molar-refractivity contribution in [2.75, 3.05) is 13.1 Å². The molecule has 1 fully saturated rings. The van der Waals surface area contributed by atoms with E-state index in [2.05, 4.69) is 15.1 Å². The zero-order chi connectivity index (χ0) is 11.5. The average Bonchev–Trinajstić information content (AvgIpc) is 2.81. The summed E-state index contributed by atoms with van der Waals surface area (Å²) in [5.41, 5.74) is 6.48. The van der Waals surface area contributed by atoms with Gasteiger partial charge in [-0.15, -0.1) is 0 Å². The van der Waals surface area contributed by atoms with Gasteiger partial charge in [-0.1, -0.05) is 0 Å². The normalized spacial score (nSPS) is 24.2. The largest absolute Gasteiger partial charge is 0.368 e. The van der Waals surface area contributed by atoms with Gasteiger partial charge in [-0.05, 0) is 32.4 Å². The quantitative estimate of drug-likeness (QED) is 0.780. The van der Waals surface area contributed by atoms with Crippen molar-refractivity contribution in [2.45, 2.75) is 31.7 Å². The Labute approximate surface area is 95.0 Å². The van der Waals surface area contributed by atoms with Crippen LogP contribution in [0.15, 0.2) is 12.3 Å². The molecule has 1 aliphatic heterocycles. The zero-order valence-corrected chi connectivity index (χ0v) is 9.52. The summed E-state index contributed by atoms with van der Waals surface area (Å²) in [5, 5.41) is 6.97. The highest BCUT2D eigenvalue weighted by Gasteiger charge is 2.27. The minimum Gasteiger partial charge on any atom is -0.368 e. The molecule has 1 aliphatic rings. The van der Waals surface area contributed by atoms with Gasteiger partial charge >= 0.3 is 0 Å². The monoisotopic (exact) mass is 222 g/mol. The summed E-state index contributed by atoms with van der Waals surface area (Å²) in [6, 6.07) is 1.83. The van der Waals surface area contributed by atoms with Crippen LogP contribution < -0.4 is 5.73 Å². The number of primary amides is 1. The summed E-state index contributed by atoms with van der Waals surface area (Å²) in [6.07, 6.45) is 4.01. The van der Waals surface area contributed by atoms with Gasteiger partial charge in [0.2, 0.25) is 5.91 Å². The molecule has 0 saturated carbocycles. The molecule has 0 radical (unpaired) electrons. The number of nitrogens with two attached hydrogens (primary N) is 1. The van der Waals surface area contributed by atoms with Crippen LogP contribution in [0.25, 0.3) is 0 Å². The lowest BCUT2D eigenvalue weighted by Crippen LogP contribution is -2.47. The molecule has 2 rings (SSSR count). The number of hydrogen-bond donors (Lipinski definition) is 2. The fourth-order valence-electron chi connectivity index (χ4n) is 2.29. The number of nitrogens with one attached hydrogen (secondary N) is 1. The first-order valence-corrected chi connectivity index (χ1v) is 5.71. The second kappa shape index (κ2) is 4.65. The summed E-state index contributed by atoms with van der Waals surface area (Å²) in [5.74, 6) is 0.198. The molecule has 0 aromatic carbocycles. The molecule has 3 N–H and O–H groups in total. The third kappa shape index (κ3) is 2.24. The molecule has 0 spiro atoms. The van der Waals surface area contributed by atoms with E-state index in [9.17, 15) is 4.79 Å². The number of amides is 1. The first-order valence-electron chi connectivity index (χ1n) is 5.71. The molecule has 2 heterocycles. The van der Waals surface area contributed by atoms with Crippen LogP contribution in [-0.2, 0) is 4.79 Å². The van der Waals surface area contributed by atoms with Crippen LogP contribution in [0.4, 0.5) is 0 Å². The summed E-state index contributed by atoms with van der Waals surface area (Å²) in [4.78, 5) is 13.3. The van der Waals surface area contributed by atoms with Crippen molar-refractivity contribution in [3.63, 3.8) is 0 Å². The zero-order valence-electron chi connectivity index (χ0n) is 9.52. The third-order valence-corrected chi connectivity index (χ3v) is 3.37. The van der Waals surface area contributed by atoms with Crippen LogP contribution >= 0.6 is 0 Å². The number of hydrogen-bond acceptors (Lipinski definition) is 3. The van der Waals surface area contributed by atoms with Gasteiger partial charge < -0.3 is 5.73 Å². The first kappa shape index (κ1) is 11.1. The minimum atomic E-state index is -0.245. The van der Waals surface area contributed by atoms with Crippen LogP contribution in [0.3, 0.4) is 0 Å². The Kier molecular flexibility index (Phi) is 3.24. The van der Waals surface area contributed by atoms with Gasteiger partial charge in [-0.25, -0.2) is 0 Å². The highest BCUT2D eigenvalue weighted by molar-refractivity contribution is 5.79. The van der Waals surface area contributed by atoms with E-state index >= 15 is 0 Å². The van der Waals surface area contributed by atoms with Crippen molar-refractivity contribution in [2.24, 2.45) is 5.73 Å². The Bertz CT molecular complexity index is 349. The summed E-state index contributed by atoms with van der Waals surface area (Å²) < 4.78 is 0. The van der Waals surface area contributed by atoms with Gasteiger partial charge in [0, 0.05) is 24.4 Å². The number of rotatable bonds is 3. The highest BCUT2D eigenvalue weighted by Crippen LogP contribution is 2.26. The number of aromatic amines is 1. The number of carbonyl (C=O) groups excluding carboxylic acids is 1. The molecule has 1 aromatic heterocycles. The first-order chi connectivity index (χ1) is 7.68. The topological polar surface area (TPSA) is 75.0 Å². The SMILES string of the molecule is CC(C(N)=O)N1CCCC(c2ccn[nH]2)C1. The van der Waals surface area contributed by atoms with Gasteiger partial charge in [-0.3, -0.25) is 14.8 Å². The molecular weight excluding hydrogens is 204 g/mol. The van der Waals surface area contributed by atoms with E-state index in [0.29, 0.717) is 5.92 Å². The Morgan fingerprint density at radius 3 is 3.19 bits per heavy atom. The maximum Gasteiger partial charge on any atom is 0.234 e. The summed E-state index contributed by atoms with van der Waals surface area (Å²) >= 11 is 0. The van der Waals surface area contributed by atoms with Crippen molar-refractivity contribution >= 4 is 5.91 Å². The second-order valence-corrected chi connectivity index (χ2v) is 4.42. The van der Waals surface area contributed by atoms with E-state index in [1.54, 1.807) is 6.20 Å². The maximum absolute atomic E-state index is 11.2. The molecule has 5 nitrogen and oxygen atoms in total. The molecule has 16 heavy (non-hydrogen) atoms. The molecule has 1 amide bonds. The van der Waals surface area contributed by atoms with Gasteiger partial charge in [0.25, 0.3) is 0 Å². The van der Waals surface area contributed by atoms with Crippen molar-refractivity contribution in [1.82, 2.24) is 15.1 Å². The lowest BCUT2D eigenvalue weighted by atomic mass is 9.94. The predicted octanol–water partition coefficient (Wildman–Crippen LogP) is 0.463. The van der Waals surface area contributed by atoms with E-state index in [1.807, 2.05) is 13.0 Å². The standard InChI is InChI=1S/C11H18N4O/c1-8(11(12)16)15-6-2-3-9(7-15)10-4-5-13-14-10/h4-5,8-9H,2-3,6-7H2,1H3,(H2,12,16)(H,13,14). The summed E-state index contributed by atoms with van der Waals surface area (Å²) in [7, 11) is 0. The molecule has 2 atom stereocenters. The molecule has 1 aromatic rings. The Morgan fingerprint density at radius 1 is 1.75 bits per heavy atom. The molecule has 5 heteroatoms. The van der Waals surface area contributed by atoms with E-state index in [1.165, 1.54) is 0 Å². The lowest BCUT2D eigenvalue weighted by molar-refractivity contribution is -0.123. The van der Waals surface area contributed by atoms with Gasteiger partial charge in [0.05, 0.1) is 6.04 Å². The average molecular weight is 222 g/mol. The van der Waals surface area contributed by atoms with Gasteiger partial charge in [0.1, 0.15) is 0 Å². The van der Waals surface area contributed by atoms with Crippen molar-refractivity contribution in [1.29, 1.82) is 0 Å². The number of piperidine rings is 1. The van der Waals surface area contributed by atoms with Crippen LogP contribution in [0, 0.1) is 0 Å². The Morgan fingerprint density at radius 2 is 2.56 bits per heavy atom. The Balaban J connectivity index is 2.02. The number of carbonyl (C=O) groups is 1. The van der Waals surface area contributed by atoms with Gasteiger partial charge in [0.15, 0.2) is 0 Å². The fraction of sp³-hybridized carbons (Fsp3) is 0.636. The van der Waals surface area contributed by atoms with E-state index in [-0.39, 0.29) is 11.9 Å². The third-order valence-electron chi connectivity index (χ3n) is 3.37. The molecule has 2 unspecified atom stereocenters. The number of H-pyrrole nitrogens is 1. The van der Waals surface area contributed by atoms with Crippen LogP contribution in [0.1, 0.15) is 31.4 Å². The summed E-state index contributed by atoms with van der Waals surface area (Å²) in [6.45, 7) is 3.71. The molecule has 1 saturated heterocycles. The van der Waals surface area contributed by atoms with E-state index < -0.39 is 0 Å². The van der Waals surface area contributed by atoms with Crippen LogP contribution in [-0.4, -0.2) is 40.1 Å². The molecular formula is C11H18N4O. The van der Waals surface area contributed by atoms with Crippen molar-refractivity contribution < 1.29 is 4.79 Å². The molecule has 0 aliphatic carbocycles. The lowest BCUT2D eigenvalue weighted by Gasteiger charge is -2.34. The number of nitrogens with zero attached hydrogens (tertiary/aromatic N) is 2. The molecule has 0 bridgehead atoms. The van der Waals surface area contributed by atoms with E-state index in [0.717, 1.165) is 31.6 Å². The maximum atomic E-state index is 11.2. The minimum absolute atomic E-state index is 0.175. The van der Waals surface area contributed by atoms with Crippen molar-refractivity contribution in [3.05, 3.63) is 18.0 Å². The number of likely N-dealkylation sites (tertiary alicyclic amines) is 1. The highest BCUT2D eigenvalue weighted by atomic mass is 16.1. The second-order valence-electron chi connectivity index (χ2n) is 4.42. The smallest absolute Gasteiger partial charge is 0.234 e. The van der Waals surface area contributed by atoms with E-state index in [4.69, 9.17) is 5.73 Å². The number of aromatic nitrogens is 2. The fourth-order valence-corrected chi connectivity index (χ4v) is 2.29.